The van der Waals surface area contributed by atoms with Gasteiger partial charge in [0, 0.05) is 19.4 Å². The van der Waals surface area contributed by atoms with Crippen LogP contribution in [0.1, 0.15) is 51.4 Å². The van der Waals surface area contributed by atoms with Crippen LogP contribution < -0.4 is 11.1 Å². The Morgan fingerprint density at radius 1 is 1.10 bits per heavy atom. The normalized spacial score (nSPS) is 23.6. The molecule has 1 aliphatic rings. The number of rotatable bonds is 7. The van der Waals surface area contributed by atoms with Crippen molar-refractivity contribution in [2.24, 2.45) is 17.6 Å². The van der Waals surface area contributed by atoms with Crippen LogP contribution in [0, 0.1) is 11.8 Å². The van der Waals surface area contributed by atoms with E-state index in [2.05, 4.69) is 5.32 Å². The van der Waals surface area contributed by atoms with Crippen molar-refractivity contribution < 1.29 is 18.0 Å². The molecule has 0 aromatic carbocycles. The second-order valence-corrected chi connectivity index (χ2v) is 5.75. The van der Waals surface area contributed by atoms with Gasteiger partial charge in [0.25, 0.3) is 0 Å². The lowest BCUT2D eigenvalue weighted by atomic mass is 9.80. The number of unbranched alkanes of at least 4 members (excludes halogenated alkanes) is 1. The molecule has 0 unspecified atom stereocenters. The molecule has 0 spiro atoms. The lowest BCUT2D eigenvalue weighted by molar-refractivity contribution is -0.135. The molecule has 20 heavy (non-hydrogen) atoms. The van der Waals surface area contributed by atoms with E-state index in [0.717, 1.165) is 32.2 Å². The molecular weight excluding hydrogens is 269 g/mol. The maximum Gasteiger partial charge on any atom is 0.389 e. The second kappa shape index (κ2) is 8.49. The van der Waals surface area contributed by atoms with Gasteiger partial charge in [-0.25, -0.2) is 0 Å². The smallest absolute Gasteiger partial charge is 0.356 e. The standard InChI is InChI=1S/C14H25F3N2O/c15-14(16,17)7-1-2-8-19-13(20)9-11-3-5-12(10-18)6-4-11/h11-12H,1-10,18H2,(H,19,20). The van der Waals surface area contributed by atoms with Gasteiger partial charge >= 0.3 is 6.18 Å². The zero-order valence-corrected chi connectivity index (χ0v) is 11.8. The minimum absolute atomic E-state index is 0.0341. The van der Waals surface area contributed by atoms with E-state index in [4.69, 9.17) is 5.73 Å². The molecule has 0 aliphatic heterocycles. The van der Waals surface area contributed by atoms with E-state index in [0.29, 0.717) is 31.2 Å². The number of carbonyl (C=O) groups is 1. The van der Waals surface area contributed by atoms with Crippen LogP contribution in [0.15, 0.2) is 0 Å². The highest BCUT2D eigenvalue weighted by molar-refractivity contribution is 5.76. The number of carbonyl (C=O) groups excluding carboxylic acids is 1. The van der Waals surface area contributed by atoms with Gasteiger partial charge in [-0.15, -0.1) is 0 Å². The van der Waals surface area contributed by atoms with E-state index in [-0.39, 0.29) is 12.3 Å². The fourth-order valence-electron chi connectivity index (χ4n) is 2.68. The maximum absolute atomic E-state index is 11.9. The number of hydrogen-bond donors (Lipinski definition) is 2. The van der Waals surface area contributed by atoms with Crippen molar-refractivity contribution in [2.45, 2.75) is 57.5 Å². The van der Waals surface area contributed by atoms with Crippen molar-refractivity contribution >= 4 is 5.91 Å². The fourth-order valence-corrected chi connectivity index (χ4v) is 2.68. The van der Waals surface area contributed by atoms with Gasteiger partial charge in [-0.3, -0.25) is 4.79 Å². The summed E-state index contributed by atoms with van der Waals surface area (Å²) in [5.74, 6) is 0.970. The Labute approximate surface area is 118 Å². The van der Waals surface area contributed by atoms with Crippen LogP contribution in [-0.4, -0.2) is 25.2 Å². The van der Waals surface area contributed by atoms with E-state index in [9.17, 15) is 18.0 Å². The predicted molar refractivity (Wildman–Crippen MR) is 72.0 cm³/mol. The molecule has 0 heterocycles. The molecule has 3 nitrogen and oxygen atoms in total. The van der Waals surface area contributed by atoms with Gasteiger partial charge in [0.05, 0.1) is 0 Å². The number of nitrogens with one attached hydrogen (secondary N) is 1. The summed E-state index contributed by atoms with van der Waals surface area (Å²) in [6, 6.07) is 0. The lowest BCUT2D eigenvalue weighted by Gasteiger charge is -2.27. The molecule has 6 heteroatoms. The molecule has 118 valence electrons. The first kappa shape index (κ1) is 17.3. The van der Waals surface area contributed by atoms with Crippen LogP contribution >= 0.6 is 0 Å². The van der Waals surface area contributed by atoms with E-state index < -0.39 is 12.6 Å². The average molecular weight is 294 g/mol. The minimum atomic E-state index is -4.09. The van der Waals surface area contributed by atoms with Gasteiger partial charge < -0.3 is 11.1 Å². The van der Waals surface area contributed by atoms with Gasteiger partial charge in [0.2, 0.25) is 5.91 Å². The first-order valence-electron chi connectivity index (χ1n) is 7.44. The largest absolute Gasteiger partial charge is 0.389 e. The summed E-state index contributed by atoms with van der Waals surface area (Å²) < 4.78 is 35.7. The van der Waals surface area contributed by atoms with Crippen LogP contribution in [0.2, 0.25) is 0 Å². The number of hydrogen-bond acceptors (Lipinski definition) is 2. The average Bonchev–Trinajstić information content (AvgIpc) is 2.38. The number of nitrogens with two attached hydrogens (primary N) is 1. The molecule has 0 aromatic heterocycles. The molecule has 1 amide bonds. The molecule has 0 aromatic rings. The molecule has 0 atom stereocenters. The van der Waals surface area contributed by atoms with Crippen LogP contribution in [-0.2, 0) is 4.79 Å². The molecule has 1 rings (SSSR count). The Balaban J connectivity index is 2.03. The van der Waals surface area contributed by atoms with Gasteiger partial charge in [-0.2, -0.15) is 13.2 Å². The van der Waals surface area contributed by atoms with Crippen molar-refractivity contribution in [3.63, 3.8) is 0 Å². The van der Waals surface area contributed by atoms with Gasteiger partial charge in [0.15, 0.2) is 0 Å². The highest BCUT2D eigenvalue weighted by atomic mass is 19.4. The summed E-state index contributed by atoms with van der Waals surface area (Å²) >= 11 is 0. The molecule has 1 aliphatic carbocycles. The highest BCUT2D eigenvalue weighted by Crippen LogP contribution is 2.30. The Bertz CT molecular complexity index is 287. The summed E-state index contributed by atoms with van der Waals surface area (Å²) in [4.78, 5) is 11.7. The molecule has 1 fully saturated rings. The zero-order chi connectivity index (χ0) is 15.0. The van der Waals surface area contributed by atoms with Gasteiger partial charge in [-0.05, 0) is 56.9 Å². The third kappa shape index (κ3) is 7.72. The van der Waals surface area contributed by atoms with Crippen molar-refractivity contribution in [3.8, 4) is 0 Å². The van der Waals surface area contributed by atoms with Gasteiger partial charge in [-0.1, -0.05) is 0 Å². The number of alkyl halides is 3. The van der Waals surface area contributed by atoms with Crippen molar-refractivity contribution in [3.05, 3.63) is 0 Å². The molecule has 0 saturated heterocycles. The number of amides is 1. The quantitative estimate of drug-likeness (QED) is 0.709. The topological polar surface area (TPSA) is 55.1 Å². The molecular formula is C14H25F3N2O. The molecule has 0 bridgehead atoms. The summed E-state index contributed by atoms with van der Waals surface area (Å²) in [6.45, 7) is 1.06. The monoisotopic (exact) mass is 294 g/mol. The van der Waals surface area contributed by atoms with Crippen LogP contribution in [0.25, 0.3) is 0 Å². The molecule has 3 N–H and O–H groups in total. The summed E-state index contributed by atoms with van der Waals surface area (Å²) in [6.07, 6.45) is 0.317. The first-order chi connectivity index (χ1) is 9.40. The van der Waals surface area contributed by atoms with Crippen molar-refractivity contribution in [1.29, 1.82) is 0 Å². The van der Waals surface area contributed by atoms with E-state index >= 15 is 0 Å². The molecule has 0 radical (unpaired) electrons. The van der Waals surface area contributed by atoms with Crippen LogP contribution in [0.4, 0.5) is 13.2 Å². The summed E-state index contributed by atoms with van der Waals surface area (Å²) in [5, 5.41) is 2.71. The Hall–Kier alpha value is -0.780. The molecule has 1 saturated carbocycles. The summed E-state index contributed by atoms with van der Waals surface area (Å²) in [7, 11) is 0. The SMILES string of the molecule is NCC1CCC(CC(=O)NCCCCC(F)(F)F)CC1. The van der Waals surface area contributed by atoms with Crippen LogP contribution in [0.3, 0.4) is 0 Å². The Kier molecular flexibility index (Phi) is 7.34. The third-order valence-corrected chi connectivity index (χ3v) is 3.98. The van der Waals surface area contributed by atoms with Crippen molar-refractivity contribution in [1.82, 2.24) is 5.32 Å². The van der Waals surface area contributed by atoms with Crippen LogP contribution in [0.5, 0.6) is 0 Å². The second-order valence-electron chi connectivity index (χ2n) is 5.75. The Morgan fingerprint density at radius 2 is 1.70 bits per heavy atom. The van der Waals surface area contributed by atoms with E-state index in [1.807, 2.05) is 0 Å². The summed E-state index contributed by atoms with van der Waals surface area (Å²) in [5.41, 5.74) is 5.62. The third-order valence-electron chi connectivity index (χ3n) is 3.98. The maximum atomic E-state index is 11.9. The number of halogens is 3. The van der Waals surface area contributed by atoms with E-state index in [1.165, 1.54) is 0 Å². The first-order valence-corrected chi connectivity index (χ1v) is 7.44. The highest BCUT2D eigenvalue weighted by Gasteiger charge is 2.26. The van der Waals surface area contributed by atoms with Gasteiger partial charge in [0.1, 0.15) is 0 Å². The predicted octanol–water partition coefficient (Wildman–Crippen LogP) is 2.99. The van der Waals surface area contributed by atoms with Crippen molar-refractivity contribution in [2.75, 3.05) is 13.1 Å². The fraction of sp³-hybridized carbons (Fsp3) is 0.929. The zero-order valence-electron chi connectivity index (χ0n) is 11.8. The minimum Gasteiger partial charge on any atom is -0.356 e. The lowest BCUT2D eigenvalue weighted by Crippen LogP contribution is -2.29. The Morgan fingerprint density at radius 3 is 2.25 bits per heavy atom. The van der Waals surface area contributed by atoms with E-state index in [1.54, 1.807) is 0 Å².